The summed E-state index contributed by atoms with van der Waals surface area (Å²) in [5.74, 6) is 0. The first-order chi connectivity index (χ1) is 17.4. The summed E-state index contributed by atoms with van der Waals surface area (Å²) in [5.41, 5.74) is 8.62. The average Bonchev–Trinajstić information content (AvgIpc) is 3.28. The quantitative estimate of drug-likeness (QED) is 0.255. The van der Waals surface area contributed by atoms with Gasteiger partial charge in [0, 0.05) is 16.5 Å². The Balaban J connectivity index is 1.51. The lowest BCUT2D eigenvalue weighted by Gasteiger charge is -2.12. The van der Waals surface area contributed by atoms with Gasteiger partial charge < -0.3 is 4.57 Å². The van der Waals surface area contributed by atoms with Crippen LogP contribution in [0.5, 0.6) is 0 Å². The Labute approximate surface area is 204 Å². The summed E-state index contributed by atoms with van der Waals surface area (Å²) >= 11 is 0. The Morgan fingerprint density at radius 2 is 1.03 bits per heavy atom. The smallest absolute Gasteiger partial charge is 0.0547 e. The molecule has 0 aliphatic heterocycles. The zero-order valence-corrected chi connectivity index (χ0v) is 19.2. The van der Waals surface area contributed by atoms with Crippen LogP contribution in [0.25, 0.3) is 60.5 Å². The van der Waals surface area contributed by atoms with Crippen LogP contribution in [0, 0.1) is 0 Å². The van der Waals surface area contributed by atoms with Crippen molar-refractivity contribution in [2.45, 2.75) is 0 Å². The predicted molar refractivity (Wildman–Crippen MR) is 149 cm³/mol. The molecule has 7 aromatic rings. The molecule has 0 aliphatic carbocycles. The van der Waals surface area contributed by atoms with Crippen molar-refractivity contribution < 1.29 is 0 Å². The van der Waals surface area contributed by atoms with Gasteiger partial charge in [0.15, 0.2) is 0 Å². The van der Waals surface area contributed by atoms with E-state index >= 15 is 0 Å². The van der Waals surface area contributed by atoms with Gasteiger partial charge >= 0.3 is 0 Å². The van der Waals surface area contributed by atoms with Crippen molar-refractivity contribution in [3.8, 4) is 27.9 Å². The van der Waals surface area contributed by atoms with Gasteiger partial charge in [-0.15, -0.1) is 0 Å². The highest BCUT2D eigenvalue weighted by molar-refractivity contribution is 6.15. The Morgan fingerprint density at radius 1 is 0.400 bits per heavy atom. The summed E-state index contributed by atoms with van der Waals surface area (Å²) in [6, 6.07) is 50.2. The fourth-order valence-electron chi connectivity index (χ4n) is 5.45. The van der Waals surface area contributed by atoms with Gasteiger partial charge in [-0.05, 0) is 57.3 Å². The molecule has 6 aromatic carbocycles. The summed E-state index contributed by atoms with van der Waals surface area (Å²) in [6.07, 6.45) is 0. The molecule has 1 aromatic heterocycles. The van der Waals surface area contributed by atoms with Crippen LogP contribution >= 0.6 is 0 Å². The minimum Gasteiger partial charge on any atom is -0.309 e. The van der Waals surface area contributed by atoms with Crippen molar-refractivity contribution in [1.82, 2.24) is 4.57 Å². The van der Waals surface area contributed by atoms with E-state index in [1.807, 2.05) is 0 Å². The molecule has 0 atom stereocenters. The maximum atomic E-state index is 2.41. The topological polar surface area (TPSA) is 4.93 Å². The molecule has 0 bridgehead atoms. The molecular formula is C34H23N. The van der Waals surface area contributed by atoms with Gasteiger partial charge in [0.25, 0.3) is 0 Å². The van der Waals surface area contributed by atoms with Gasteiger partial charge in [0.1, 0.15) is 0 Å². The number of hydrogen-bond acceptors (Lipinski definition) is 0. The summed E-state index contributed by atoms with van der Waals surface area (Å²) in [6.45, 7) is 0. The van der Waals surface area contributed by atoms with E-state index < -0.39 is 0 Å². The van der Waals surface area contributed by atoms with Crippen molar-refractivity contribution in [3.63, 3.8) is 0 Å². The van der Waals surface area contributed by atoms with Crippen molar-refractivity contribution >= 4 is 32.6 Å². The standard InChI is InChI=1S/C34H23N/c1-2-11-25(12-3-1)30-20-10-22-33-34(30)31-18-6-7-21-32(31)35(33)27-16-8-15-26(23-27)29-19-9-14-24-13-4-5-17-28(24)29/h1-23H. The van der Waals surface area contributed by atoms with E-state index in [4.69, 9.17) is 0 Å². The Bertz CT molecular complexity index is 1830. The SMILES string of the molecule is c1ccc(-c2cccc3c2c2ccccc2n3-c2cccc(-c3cccc4ccccc34)c2)cc1. The molecule has 0 spiro atoms. The molecule has 0 saturated carbocycles. The third-order valence-electron chi connectivity index (χ3n) is 6.99. The second-order valence-corrected chi connectivity index (χ2v) is 9.00. The molecule has 0 N–H and O–H groups in total. The molecule has 1 heterocycles. The number of hydrogen-bond donors (Lipinski definition) is 0. The highest BCUT2D eigenvalue weighted by Crippen LogP contribution is 2.39. The molecule has 0 fully saturated rings. The lowest BCUT2D eigenvalue weighted by molar-refractivity contribution is 1.18. The summed E-state index contributed by atoms with van der Waals surface area (Å²) in [7, 11) is 0. The normalized spacial score (nSPS) is 11.4. The number of aromatic nitrogens is 1. The molecule has 0 aliphatic rings. The molecule has 1 nitrogen and oxygen atoms in total. The predicted octanol–water partition coefficient (Wildman–Crippen LogP) is 9.27. The monoisotopic (exact) mass is 445 g/mol. The average molecular weight is 446 g/mol. The van der Waals surface area contributed by atoms with Gasteiger partial charge in [-0.1, -0.05) is 115 Å². The van der Waals surface area contributed by atoms with E-state index in [1.54, 1.807) is 0 Å². The van der Waals surface area contributed by atoms with Gasteiger partial charge in [0.2, 0.25) is 0 Å². The molecule has 1 heteroatoms. The van der Waals surface area contributed by atoms with E-state index in [0.29, 0.717) is 0 Å². The second-order valence-electron chi connectivity index (χ2n) is 9.00. The number of nitrogens with zero attached hydrogens (tertiary/aromatic N) is 1. The molecule has 0 amide bonds. The third-order valence-corrected chi connectivity index (χ3v) is 6.99. The zero-order chi connectivity index (χ0) is 23.2. The van der Waals surface area contributed by atoms with Crippen molar-refractivity contribution in [3.05, 3.63) is 140 Å². The molecule has 0 unspecified atom stereocenters. The van der Waals surface area contributed by atoms with Gasteiger partial charge in [0.05, 0.1) is 11.0 Å². The Hall–Kier alpha value is -4.62. The Morgan fingerprint density at radius 3 is 1.94 bits per heavy atom. The number of rotatable bonds is 3. The van der Waals surface area contributed by atoms with E-state index in [9.17, 15) is 0 Å². The summed E-state index contributed by atoms with van der Waals surface area (Å²) < 4.78 is 2.41. The Kier molecular flexibility index (Phi) is 4.53. The fourth-order valence-corrected chi connectivity index (χ4v) is 5.45. The first kappa shape index (κ1) is 19.8. The summed E-state index contributed by atoms with van der Waals surface area (Å²) in [4.78, 5) is 0. The van der Waals surface area contributed by atoms with Crippen LogP contribution in [-0.4, -0.2) is 4.57 Å². The van der Waals surface area contributed by atoms with Crippen LogP contribution in [0.1, 0.15) is 0 Å². The molecule has 7 rings (SSSR count). The van der Waals surface area contributed by atoms with Crippen LogP contribution in [-0.2, 0) is 0 Å². The second kappa shape index (κ2) is 8.00. The van der Waals surface area contributed by atoms with Gasteiger partial charge in [-0.2, -0.15) is 0 Å². The summed E-state index contributed by atoms with van der Waals surface area (Å²) in [5, 5.41) is 5.11. The molecule has 0 saturated heterocycles. The number of para-hydroxylation sites is 1. The molecular weight excluding hydrogens is 422 g/mol. The van der Waals surface area contributed by atoms with Crippen LogP contribution in [0.2, 0.25) is 0 Å². The van der Waals surface area contributed by atoms with E-state index in [0.717, 1.165) is 0 Å². The highest BCUT2D eigenvalue weighted by Gasteiger charge is 2.16. The lowest BCUT2D eigenvalue weighted by atomic mass is 9.98. The first-order valence-electron chi connectivity index (χ1n) is 12.0. The largest absolute Gasteiger partial charge is 0.309 e. The number of fused-ring (bicyclic) bond motifs is 4. The van der Waals surface area contributed by atoms with Crippen LogP contribution in [0.15, 0.2) is 140 Å². The van der Waals surface area contributed by atoms with Gasteiger partial charge in [-0.3, -0.25) is 0 Å². The maximum Gasteiger partial charge on any atom is 0.0547 e. The van der Waals surface area contributed by atoms with Crippen LogP contribution in [0.3, 0.4) is 0 Å². The third kappa shape index (κ3) is 3.17. The van der Waals surface area contributed by atoms with Crippen molar-refractivity contribution in [1.29, 1.82) is 0 Å². The van der Waals surface area contributed by atoms with E-state index in [2.05, 4.69) is 144 Å². The zero-order valence-electron chi connectivity index (χ0n) is 19.2. The number of benzene rings is 6. The first-order valence-corrected chi connectivity index (χ1v) is 12.0. The lowest BCUT2D eigenvalue weighted by Crippen LogP contribution is -1.94. The molecule has 164 valence electrons. The minimum absolute atomic E-state index is 1.17. The minimum atomic E-state index is 1.17. The molecule has 35 heavy (non-hydrogen) atoms. The highest BCUT2D eigenvalue weighted by atomic mass is 15.0. The van der Waals surface area contributed by atoms with E-state index in [-0.39, 0.29) is 0 Å². The molecule has 0 radical (unpaired) electrons. The van der Waals surface area contributed by atoms with Gasteiger partial charge in [-0.25, -0.2) is 0 Å². The fraction of sp³-hybridized carbons (Fsp3) is 0. The van der Waals surface area contributed by atoms with Crippen LogP contribution < -0.4 is 0 Å². The van der Waals surface area contributed by atoms with Crippen molar-refractivity contribution in [2.24, 2.45) is 0 Å². The van der Waals surface area contributed by atoms with E-state index in [1.165, 1.54) is 60.5 Å². The van der Waals surface area contributed by atoms with Crippen LogP contribution in [0.4, 0.5) is 0 Å². The maximum absolute atomic E-state index is 2.41. The van der Waals surface area contributed by atoms with Crippen molar-refractivity contribution in [2.75, 3.05) is 0 Å².